The minimum atomic E-state index is -2.29. The summed E-state index contributed by atoms with van der Waals surface area (Å²) in [5.41, 5.74) is 1.98. The molecule has 0 aliphatic carbocycles. The first kappa shape index (κ1) is 15.6. The van der Waals surface area contributed by atoms with Crippen molar-refractivity contribution in [2.24, 2.45) is 0 Å². The smallest absolute Gasteiger partial charge is 0.348 e. The molecule has 1 atom stereocenters. The van der Waals surface area contributed by atoms with E-state index in [0.717, 1.165) is 0 Å². The van der Waals surface area contributed by atoms with Gasteiger partial charge in [-0.15, -0.1) is 6.58 Å². The predicted octanol–water partition coefficient (Wildman–Crippen LogP) is 2.91. The molecule has 1 rings (SSSR count). The van der Waals surface area contributed by atoms with Crippen LogP contribution in [0, 0.1) is 0 Å². The van der Waals surface area contributed by atoms with Crippen LogP contribution in [-0.4, -0.2) is 25.9 Å². The number of hydrogen-bond acceptors (Lipinski definition) is 2. The van der Waals surface area contributed by atoms with Gasteiger partial charge in [0, 0.05) is 0 Å². The standard InChI is InChI=1S/C13H24O2Si3/c1-7-17(4,5)15-18(6,14-16(2)3)13-11-9-8-10-12-13/h7-12,16H,1H2,2-6H3. The lowest BCUT2D eigenvalue weighted by Crippen LogP contribution is -2.58. The van der Waals surface area contributed by atoms with Crippen LogP contribution in [0.2, 0.25) is 32.7 Å². The topological polar surface area (TPSA) is 18.5 Å². The molecule has 1 aromatic rings. The third-order valence-corrected chi connectivity index (χ3v) is 12.4. The Morgan fingerprint density at radius 1 is 1.11 bits per heavy atom. The quantitative estimate of drug-likeness (QED) is 0.752. The summed E-state index contributed by atoms with van der Waals surface area (Å²) in [5, 5.41) is 1.22. The summed E-state index contributed by atoms with van der Waals surface area (Å²) in [4.78, 5) is 0. The van der Waals surface area contributed by atoms with Crippen LogP contribution < -0.4 is 5.19 Å². The van der Waals surface area contributed by atoms with Crippen LogP contribution in [0.5, 0.6) is 0 Å². The van der Waals surface area contributed by atoms with Crippen molar-refractivity contribution in [2.75, 3.05) is 0 Å². The lowest BCUT2D eigenvalue weighted by Gasteiger charge is -2.35. The monoisotopic (exact) mass is 296 g/mol. The normalized spacial score (nSPS) is 15.4. The molecular weight excluding hydrogens is 272 g/mol. The van der Waals surface area contributed by atoms with Crippen molar-refractivity contribution in [3.05, 3.63) is 42.6 Å². The van der Waals surface area contributed by atoms with Gasteiger partial charge in [0.15, 0.2) is 17.4 Å². The Labute approximate surface area is 115 Å². The highest BCUT2D eigenvalue weighted by Crippen LogP contribution is 2.17. The van der Waals surface area contributed by atoms with Gasteiger partial charge >= 0.3 is 8.56 Å². The predicted molar refractivity (Wildman–Crippen MR) is 86.4 cm³/mol. The summed E-state index contributed by atoms with van der Waals surface area (Å²) in [6.07, 6.45) is 0. The van der Waals surface area contributed by atoms with Crippen LogP contribution >= 0.6 is 0 Å². The van der Waals surface area contributed by atoms with E-state index < -0.39 is 25.9 Å². The van der Waals surface area contributed by atoms with E-state index in [9.17, 15) is 0 Å². The van der Waals surface area contributed by atoms with Crippen molar-refractivity contribution in [1.82, 2.24) is 0 Å². The molecule has 0 saturated carbocycles. The SMILES string of the molecule is C=C[Si](C)(C)O[Si](C)(O[SiH](C)C)c1ccccc1. The summed E-state index contributed by atoms with van der Waals surface area (Å²) in [5.74, 6) is 0. The summed E-state index contributed by atoms with van der Waals surface area (Å²) in [7, 11) is -5.27. The Balaban J connectivity index is 3.07. The first-order valence-electron chi connectivity index (χ1n) is 6.36. The zero-order valence-electron chi connectivity index (χ0n) is 12.1. The van der Waals surface area contributed by atoms with Gasteiger partial charge in [-0.1, -0.05) is 36.0 Å². The minimum absolute atomic E-state index is 1.14. The Kier molecular flexibility index (Phi) is 5.30. The average Bonchev–Trinajstić information content (AvgIpc) is 2.28. The largest absolute Gasteiger partial charge is 0.436 e. The van der Waals surface area contributed by atoms with Crippen molar-refractivity contribution >= 4 is 31.1 Å². The van der Waals surface area contributed by atoms with E-state index in [2.05, 4.69) is 63.6 Å². The lowest BCUT2D eigenvalue weighted by molar-refractivity contribution is 0.416. The fourth-order valence-electron chi connectivity index (χ4n) is 1.89. The van der Waals surface area contributed by atoms with E-state index in [1.165, 1.54) is 5.19 Å². The Morgan fingerprint density at radius 2 is 1.67 bits per heavy atom. The van der Waals surface area contributed by atoms with Gasteiger partial charge < -0.3 is 8.23 Å². The molecule has 1 unspecified atom stereocenters. The molecule has 0 saturated heterocycles. The van der Waals surface area contributed by atoms with Crippen molar-refractivity contribution in [3.63, 3.8) is 0 Å². The molecule has 0 aromatic heterocycles. The Bertz CT molecular complexity index is 392. The zero-order valence-corrected chi connectivity index (χ0v) is 15.2. The molecule has 0 spiro atoms. The Hall–Kier alpha value is -0.469. The molecule has 5 heteroatoms. The highest BCUT2D eigenvalue weighted by atomic mass is 28.5. The highest BCUT2D eigenvalue weighted by Gasteiger charge is 2.39. The average molecular weight is 297 g/mol. The van der Waals surface area contributed by atoms with Gasteiger partial charge in [0.1, 0.15) is 0 Å². The summed E-state index contributed by atoms with van der Waals surface area (Å²) in [6.45, 7) is 14.8. The fraction of sp³-hybridized carbons (Fsp3) is 0.385. The van der Waals surface area contributed by atoms with E-state index in [0.29, 0.717) is 0 Å². The van der Waals surface area contributed by atoms with Gasteiger partial charge in [-0.2, -0.15) is 0 Å². The van der Waals surface area contributed by atoms with Crippen molar-refractivity contribution in [1.29, 1.82) is 0 Å². The summed E-state index contributed by atoms with van der Waals surface area (Å²) >= 11 is 0. The number of rotatable bonds is 6. The molecular formula is C13H24O2Si3. The van der Waals surface area contributed by atoms with E-state index in [-0.39, 0.29) is 0 Å². The molecule has 0 amide bonds. The van der Waals surface area contributed by atoms with Gasteiger partial charge in [-0.3, -0.25) is 0 Å². The lowest BCUT2D eigenvalue weighted by atomic mass is 10.4. The third kappa shape index (κ3) is 4.33. The Morgan fingerprint density at radius 3 is 2.11 bits per heavy atom. The number of benzene rings is 1. The van der Waals surface area contributed by atoms with Crippen LogP contribution in [-0.2, 0) is 8.23 Å². The molecule has 0 aliphatic rings. The summed E-state index contributed by atoms with van der Waals surface area (Å²) in [6, 6.07) is 10.4. The molecule has 0 heterocycles. The maximum Gasteiger partial charge on any atom is 0.348 e. The first-order chi connectivity index (χ1) is 8.29. The van der Waals surface area contributed by atoms with Crippen molar-refractivity contribution in [2.45, 2.75) is 32.7 Å². The summed E-state index contributed by atoms with van der Waals surface area (Å²) < 4.78 is 12.7. The third-order valence-electron chi connectivity index (χ3n) is 2.71. The van der Waals surface area contributed by atoms with Gasteiger partial charge in [-0.25, -0.2) is 0 Å². The molecule has 100 valence electrons. The highest BCUT2D eigenvalue weighted by molar-refractivity contribution is 6.93. The van der Waals surface area contributed by atoms with Gasteiger partial charge in [0.2, 0.25) is 0 Å². The first-order valence-corrected chi connectivity index (χ1v) is 14.4. The molecule has 0 aliphatic heterocycles. The van der Waals surface area contributed by atoms with Crippen LogP contribution in [0.3, 0.4) is 0 Å². The molecule has 0 bridgehead atoms. The molecule has 0 fully saturated rings. The van der Waals surface area contributed by atoms with Crippen LogP contribution in [0.1, 0.15) is 0 Å². The fourth-order valence-corrected chi connectivity index (χ4v) is 12.3. The maximum atomic E-state index is 6.44. The molecule has 18 heavy (non-hydrogen) atoms. The van der Waals surface area contributed by atoms with E-state index in [1.807, 2.05) is 11.8 Å². The molecule has 1 aromatic carbocycles. The number of hydrogen-bond donors (Lipinski definition) is 0. The van der Waals surface area contributed by atoms with Gasteiger partial charge in [-0.05, 0) is 37.9 Å². The van der Waals surface area contributed by atoms with Crippen LogP contribution in [0.15, 0.2) is 42.6 Å². The van der Waals surface area contributed by atoms with E-state index >= 15 is 0 Å². The second kappa shape index (κ2) is 6.12. The molecule has 0 radical (unpaired) electrons. The second-order valence-corrected chi connectivity index (χ2v) is 15.3. The maximum absolute atomic E-state index is 6.44. The zero-order chi connectivity index (χ0) is 13.8. The van der Waals surface area contributed by atoms with Gasteiger partial charge in [0.25, 0.3) is 0 Å². The van der Waals surface area contributed by atoms with Crippen LogP contribution in [0.4, 0.5) is 0 Å². The van der Waals surface area contributed by atoms with Crippen LogP contribution in [0.25, 0.3) is 0 Å². The van der Waals surface area contributed by atoms with Crippen molar-refractivity contribution < 1.29 is 8.23 Å². The molecule has 0 N–H and O–H groups in total. The van der Waals surface area contributed by atoms with Gasteiger partial charge in [0.05, 0.1) is 0 Å². The minimum Gasteiger partial charge on any atom is -0.436 e. The second-order valence-electron chi connectivity index (χ2n) is 5.39. The van der Waals surface area contributed by atoms with E-state index in [4.69, 9.17) is 8.23 Å². The molecule has 2 nitrogen and oxygen atoms in total. The van der Waals surface area contributed by atoms with Crippen molar-refractivity contribution in [3.8, 4) is 0 Å². The van der Waals surface area contributed by atoms with E-state index in [1.54, 1.807) is 0 Å².